The number of Topliss-reactive ketones (excluding diaryl/α,β-unsaturated/α-hetero) is 3. The lowest BCUT2D eigenvalue weighted by Gasteiger charge is -2.42. The lowest BCUT2D eigenvalue weighted by Crippen LogP contribution is -2.61. The summed E-state index contributed by atoms with van der Waals surface area (Å²) >= 11 is 0. The minimum Gasteiger partial charge on any atom is -0.461 e. The number of allylic oxidation sites excluding steroid dienone is 6. The number of methoxy groups -OCH3 is 3. The Kier molecular flexibility index (Phi) is 26.4. The number of hydrogen-bond acceptors (Lipinski definition) is 19. The number of hydrogen-bond donors (Lipinski definition) is 2. The highest BCUT2D eigenvalue weighted by Crippen LogP contribution is 2.38. The zero-order chi connectivity index (χ0) is 60.4. The van der Waals surface area contributed by atoms with Crippen LogP contribution in [0.3, 0.4) is 0 Å². The van der Waals surface area contributed by atoms with E-state index in [-0.39, 0.29) is 99.2 Å². The van der Waals surface area contributed by atoms with Gasteiger partial charge in [0.2, 0.25) is 11.5 Å². The van der Waals surface area contributed by atoms with Gasteiger partial charge < -0.3 is 53.0 Å². The van der Waals surface area contributed by atoms with Crippen molar-refractivity contribution in [2.45, 2.75) is 200 Å². The van der Waals surface area contributed by atoms with Crippen molar-refractivity contribution in [2.24, 2.45) is 35.5 Å². The lowest BCUT2D eigenvalue weighted by atomic mass is 9.78. The minimum atomic E-state index is -2.47. The Labute approximate surface area is 483 Å². The molecule has 15 atom stereocenters. The second kappa shape index (κ2) is 32.1. The van der Waals surface area contributed by atoms with Crippen LogP contribution >= 0.6 is 0 Å². The minimum absolute atomic E-state index is 0.0107. The molecule has 1 amide bonds. The SMILES string of the molecule is CCOC(=O)c1nnn(CCO[C@@H]2CC[C@@H](C[C@@H](C)[C@@H]3CC(=O)[C@H](C)/C=C(\C)[C@@H](O)[C@@H](OC)C(=O)[C@H](C)C[C@H](C)/C=C/C=C/C=C(\C)[C@@H](OC)CC4CC[C@@H](C)[C@@](O)(O4)C(=O)C(=O)N4CCCCC4C(=O)O3)C[C@H]2OC)c1C(=O)OCC. The maximum absolute atomic E-state index is 14.7. The quantitative estimate of drug-likeness (QED) is 0.0834. The number of nitrogens with zero attached hydrogens (tertiary/aromatic N) is 4. The Morgan fingerprint density at radius 2 is 1.56 bits per heavy atom. The molecule has 21 heteroatoms. The molecule has 2 N–H and O–H groups in total. The molecule has 0 radical (unpaired) electrons. The number of rotatable bonds is 14. The van der Waals surface area contributed by atoms with Crippen LogP contribution in [0.15, 0.2) is 47.6 Å². The van der Waals surface area contributed by atoms with E-state index in [2.05, 4.69) is 10.3 Å². The molecule has 2 unspecified atom stereocenters. The summed E-state index contributed by atoms with van der Waals surface area (Å²) in [5.74, 6) is -10.1. The van der Waals surface area contributed by atoms with E-state index in [1.807, 2.05) is 51.2 Å². The smallest absolute Gasteiger partial charge is 0.361 e. The van der Waals surface area contributed by atoms with Crippen LogP contribution in [0.25, 0.3) is 0 Å². The van der Waals surface area contributed by atoms with E-state index in [1.54, 1.807) is 61.8 Å². The first-order valence-electron chi connectivity index (χ1n) is 29.4. The molecule has 82 heavy (non-hydrogen) atoms. The third-order valence-corrected chi connectivity index (χ3v) is 16.8. The molecule has 458 valence electrons. The summed E-state index contributed by atoms with van der Waals surface area (Å²) in [6.45, 7) is 16.2. The molecule has 2 bridgehead atoms. The predicted molar refractivity (Wildman–Crippen MR) is 301 cm³/mol. The zero-order valence-electron chi connectivity index (χ0n) is 50.4. The Balaban J connectivity index is 1.41. The first-order valence-corrected chi connectivity index (χ1v) is 29.4. The predicted octanol–water partition coefficient (Wildman–Crippen LogP) is 6.85. The molecule has 1 aromatic rings. The first kappa shape index (κ1) is 67.5. The van der Waals surface area contributed by atoms with Gasteiger partial charge in [0.1, 0.15) is 30.1 Å². The summed E-state index contributed by atoms with van der Waals surface area (Å²) in [5.41, 5.74) is 0.820. The summed E-state index contributed by atoms with van der Waals surface area (Å²) in [6, 6.07) is -1.20. The second-order valence-corrected chi connectivity index (χ2v) is 22.9. The largest absolute Gasteiger partial charge is 0.461 e. The van der Waals surface area contributed by atoms with Gasteiger partial charge in [0.25, 0.3) is 11.7 Å². The second-order valence-electron chi connectivity index (χ2n) is 22.9. The monoisotopic (exact) mass is 1150 g/mol. The molecule has 21 nitrogen and oxygen atoms in total. The van der Waals surface area contributed by atoms with Crippen molar-refractivity contribution >= 4 is 41.2 Å². The molecule has 0 aromatic carbocycles. The van der Waals surface area contributed by atoms with Gasteiger partial charge in [-0.1, -0.05) is 76.3 Å². The Hall–Kier alpha value is -5.29. The number of aromatic nitrogens is 3. The lowest BCUT2D eigenvalue weighted by molar-refractivity contribution is -0.265. The number of fused-ring (bicyclic) bond motifs is 3. The van der Waals surface area contributed by atoms with Crippen molar-refractivity contribution in [3.8, 4) is 0 Å². The van der Waals surface area contributed by atoms with Gasteiger partial charge in [-0.15, -0.1) is 5.10 Å². The van der Waals surface area contributed by atoms with Gasteiger partial charge in [-0.05, 0) is 121 Å². The normalized spacial score (nSPS) is 34.3. The first-order chi connectivity index (χ1) is 39.0. The number of cyclic esters (lactones) is 1. The molecule has 4 aliphatic rings. The van der Waals surface area contributed by atoms with Gasteiger partial charge in [0, 0.05) is 58.5 Å². The highest BCUT2D eigenvalue weighted by Gasteiger charge is 2.53. The highest BCUT2D eigenvalue weighted by atomic mass is 16.6. The third-order valence-electron chi connectivity index (χ3n) is 16.8. The van der Waals surface area contributed by atoms with Crippen LogP contribution in [0.5, 0.6) is 0 Å². The van der Waals surface area contributed by atoms with Gasteiger partial charge in [0.05, 0.1) is 50.8 Å². The molecule has 3 aliphatic heterocycles. The number of ketones is 3. The van der Waals surface area contributed by atoms with Crippen LogP contribution in [-0.4, -0.2) is 174 Å². The van der Waals surface area contributed by atoms with Crippen LogP contribution in [0.2, 0.25) is 0 Å². The van der Waals surface area contributed by atoms with Crippen LogP contribution in [0.4, 0.5) is 0 Å². The molecule has 0 spiro atoms. The molecule has 4 heterocycles. The topological polar surface area (TPSA) is 268 Å². The summed E-state index contributed by atoms with van der Waals surface area (Å²) in [4.78, 5) is 98.5. The summed E-state index contributed by atoms with van der Waals surface area (Å²) < 4.78 is 47.8. The fourth-order valence-electron chi connectivity index (χ4n) is 11.8. The van der Waals surface area contributed by atoms with E-state index in [0.29, 0.717) is 63.4 Å². The van der Waals surface area contributed by atoms with Crippen molar-refractivity contribution in [2.75, 3.05) is 47.7 Å². The van der Waals surface area contributed by atoms with Gasteiger partial charge >= 0.3 is 17.9 Å². The Bertz CT molecular complexity index is 2470. The van der Waals surface area contributed by atoms with Crippen molar-refractivity contribution in [3.63, 3.8) is 0 Å². The van der Waals surface area contributed by atoms with E-state index < -0.39 is 95.6 Å². The van der Waals surface area contributed by atoms with Gasteiger partial charge in [-0.2, -0.15) is 0 Å². The van der Waals surface area contributed by atoms with E-state index >= 15 is 0 Å². The highest BCUT2D eigenvalue weighted by molar-refractivity contribution is 6.39. The van der Waals surface area contributed by atoms with Crippen molar-refractivity contribution in [1.29, 1.82) is 0 Å². The third kappa shape index (κ3) is 17.6. The molecule has 2 saturated heterocycles. The fraction of sp³-hybridized carbons (Fsp3) is 0.721. The number of aliphatic hydroxyl groups excluding tert-OH is 1. The molecule has 1 aromatic heterocycles. The van der Waals surface area contributed by atoms with Crippen molar-refractivity contribution < 1.29 is 81.7 Å². The van der Waals surface area contributed by atoms with Gasteiger partial charge in [-0.3, -0.25) is 19.2 Å². The molecule has 3 fully saturated rings. The number of piperidine rings is 1. The summed E-state index contributed by atoms with van der Waals surface area (Å²) in [7, 11) is 4.52. The number of carbonyl (C=O) groups excluding carboxylic acids is 7. The fourth-order valence-corrected chi connectivity index (χ4v) is 11.8. The van der Waals surface area contributed by atoms with Crippen LogP contribution in [0, 0.1) is 35.5 Å². The molecule has 5 rings (SSSR count). The van der Waals surface area contributed by atoms with E-state index in [9.17, 15) is 43.8 Å². The maximum Gasteiger partial charge on any atom is 0.361 e. The molecular formula is C61H92N4O17. The van der Waals surface area contributed by atoms with Crippen LogP contribution < -0.4 is 0 Å². The van der Waals surface area contributed by atoms with E-state index in [1.165, 1.54) is 16.7 Å². The standard InChI is InChI=1S/C61H92N4O17/c1-13-78-59(72)51-52(60(73)79-14-2)65(63-62-51)28-29-80-47-26-24-43(33-50(47)76-11)32-39(6)49-35-46(66)38(5)31-41(8)54(68)55(77-12)53(67)40(7)30-36(3)20-16-15-17-21-37(4)48(75-10)34-44-25-23-42(9)61(74,82-44)56(69)57(70)64-27-19-18-22-45(64)58(71)81-49/h15-17,20-21,31,36,38-40,42-45,47-50,54-55,68,74H,13-14,18-19,22-30,32-35H2,1-12H3/b17-15+,20-16+,37-21+,41-31+/t36-,38-,39-,40-,42-,43+,44?,45?,47-,48+,49+,50-,54-,55+,61-/m1/s1. The van der Waals surface area contributed by atoms with Crippen molar-refractivity contribution in [3.05, 3.63) is 59.0 Å². The number of carbonyl (C=O) groups is 7. The van der Waals surface area contributed by atoms with Crippen LogP contribution in [0.1, 0.15) is 160 Å². The molecular weight excluding hydrogens is 1060 g/mol. The van der Waals surface area contributed by atoms with Gasteiger partial charge in [-0.25, -0.2) is 19.1 Å². The number of esters is 3. The number of amides is 1. The molecule has 1 aliphatic carbocycles. The average Bonchev–Trinajstić information content (AvgIpc) is 3.89. The maximum atomic E-state index is 14.7. The zero-order valence-corrected chi connectivity index (χ0v) is 50.4. The number of aliphatic hydroxyl groups is 2. The number of ether oxygens (including phenoxy) is 8. The summed E-state index contributed by atoms with van der Waals surface area (Å²) in [6.07, 6.45) is 10.7. The Morgan fingerprint density at radius 1 is 0.841 bits per heavy atom. The molecule has 1 saturated carbocycles. The Morgan fingerprint density at radius 3 is 2.24 bits per heavy atom. The van der Waals surface area contributed by atoms with Crippen LogP contribution in [-0.2, 0) is 68.4 Å². The van der Waals surface area contributed by atoms with E-state index in [0.717, 1.165) is 5.57 Å². The van der Waals surface area contributed by atoms with Crippen molar-refractivity contribution in [1.82, 2.24) is 19.9 Å². The average molecular weight is 1150 g/mol. The van der Waals surface area contributed by atoms with E-state index in [4.69, 9.17) is 37.9 Å². The van der Waals surface area contributed by atoms with Gasteiger partial charge in [0.15, 0.2) is 11.5 Å². The summed E-state index contributed by atoms with van der Waals surface area (Å²) in [5, 5.41) is 31.6.